The Balaban J connectivity index is 2.09. The van der Waals surface area contributed by atoms with Gasteiger partial charge in [-0.1, -0.05) is 11.6 Å². The second-order valence-corrected chi connectivity index (χ2v) is 3.90. The number of hydrogen-bond acceptors (Lipinski definition) is 4. The van der Waals surface area contributed by atoms with Crippen LogP contribution in [0.15, 0.2) is 30.6 Å². The summed E-state index contributed by atoms with van der Waals surface area (Å²) in [5.74, 6) is 0.737. The number of aromatic amines is 1. The summed E-state index contributed by atoms with van der Waals surface area (Å²) in [5.41, 5.74) is 1.94. The van der Waals surface area contributed by atoms with Gasteiger partial charge in [0.2, 0.25) is 5.95 Å². The van der Waals surface area contributed by atoms with E-state index in [1.54, 1.807) is 13.2 Å². The fourth-order valence-electron chi connectivity index (χ4n) is 1.57. The quantitative estimate of drug-likeness (QED) is 0.819. The molecule has 1 heterocycles. The van der Waals surface area contributed by atoms with E-state index in [-0.39, 0.29) is 5.91 Å². The van der Waals surface area contributed by atoms with Crippen LogP contribution in [0.2, 0.25) is 0 Å². The molecule has 19 heavy (non-hydrogen) atoms. The maximum Gasteiger partial charge on any atom is 0.250 e. The van der Waals surface area contributed by atoms with E-state index in [4.69, 9.17) is 4.74 Å². The molecule has 0 fully saturated rings. The maximum atomic E-state index is 11.6. The van der Waals surface area contributed by atoms with Crippen molar-refractivity contribution in [2.45, 2.75) is 6.92 Å². The lowest BCUT2D eigenvalue weighted by atomic mass is 10.1. The van der Waals surface area contributed by atoms with E-state index < -0.39 is 0 Å². The monoisotopic (exact) mass is 258 g/mol. The first-order chi connectivity index (χ1) is 9.19. The van der Waals surface area contributed by atoms with E-state index >= 15 is 0 Å². The van der Waals surface area contributed by atoms with Crippen LogP contribution in [0.3, 0.4) is 0 Å². The molecule has 2 rings (SSSR count). The molecule has 2 aromatic rings. The number of H-pyrrole nitrogens is 1. The van der Waals surface area contributed by atoms with Gasteiger partial charge in [-0.15, -0.1) is 0 Å². The van der Waals surface area contributed by atoms with E-state index in [2.05, 4.69) is 20.5 Å². The van der Waals surface area contributed by atoms with Gasteiger partial charge in [-0.25, -0.2) is 5.10 Å². The molecule has 2 N–H and O–H groups in total. The van der Waals surface area contributed by atoms with Crippen molar-refractivity contribution in [3.63, 3.8) is 0 Å². The van der Waals surface area contributed by atoms with Gasteiger partial charge in [-0.05, 0) is 25.1 Å². The molecule has 0 saturated heterocycles. The Bertz CT molecular complexity index is 591. The average Bonchev–Trinajstić information content (AvgIpc) is 2.89. The molecule has 0 aliphatic heterocycles. The highest BCUT2D eigenvalue weighted by Crippen LogP contribution is 2.20. The molecule has 0 aliphatic rings. The number of nitrogens with zero attached hydrogens (tertiary/aromatic N) is 2. The number of carbonyl (C=O) groups excluding carboxylic acids is 1. The second kappa shape index (κ2) is 5.81. The summed E-state index contributed by atoms with van der Waals surface area (Å²) in [4.78, 5) is 15.4. The Morgan fingerprint density at radius 2 is 2.32 bits per heavy atom. The van der Waals surface area contributed by atoms with E-state index in [1.807, 2.05) is 25.1 Å². The van der Waals surface area contributed by atoms with Crippen molar-refractivity contribution < 1.29 is 9.53 Å². The number of hydrogen-bond donors (Lipinski definition) is 2. The van der Waals surface area contributed by atoms with Crippen LogP contribution in [0.4, 0.5) is 5.95 Å². The van der Waals surface area contributed by atoms with Crippen molar-refractivity contribution in [3.8, 4) is 5.75 Å². The zero-order chi connectivity index (χ0) is 13.7. The fraction of sp³-hybridized carbons (Fsp3) is 0.154. The van der Waals surface area contributed by atoms with Gasteiger partial charge in [-0.3, -0.25) is 10.1 Å². The fourth-order valence-corrected chi connectivity index (χ4v) is 1.57. The number of anilines is 1. The number of nitrogens with one attached hydrogen (secondary N) is 2. The van der Waals surface area contributed by atoms with Crippen LogP contribution < -0.4 is 10.1 Å². The Kier molecular flexibility index (Phi) is 3.92. The van der Waals surface area contributed by atoms with Gasteiger partial charge in [-0.2, -0.15) is 10.1 Å². The number of methoxy groups -OCH3 is 1. The first kappa shape index (κ1) is 12.8. The molecule has 0 unspecified atom stereocenters. The normalized spacial score (nSPS) is 10.6. The van der Waals surface area contributed by atoms with Crippen molar-refractivity contribution in [1.29, 1.82) is 0 Å². The third-order valence-electron chi connectivity index (χ3n) is 2.46. The Morgan fingerprint density at radius 1 is 1.47 bits per heavy atom. The molecule has 6 nitrogen and oxygen atoms in total. The Hall–Kier alpha value is -2.63. The van der Waals surface area contributed by atoms with Crippen LogP contribution in [-0.2, 0) is 4.79 Å². The van der Waals surface area contributed by atoms with Gasteiger partial charge in [0.15, 0.2) is 0 Å². The van der Waals surface area contributed by atoms with Gasteiger partial charge in [0.05, 0.1) is 7.11 Å². The zero-order valence-corrected chi connectivity index (χ0v) is 10.7. The van der Waals surface area contributed by atoms with E-state index in [0.717, 1.165) is 11.1 Å². The number of ether oxygens (including phenoxy) is 1. The Labute approximate surface area is 110 Å². The number of aryl methyl sites for hydroxylation is 1. The summed E-state index contributed by atoms with van der Waals surface area (Å²) in [6.45, 7) is 1.98. The van der Waals surface area contributed by atoms with E-state index in [0.29, 0.717) is 11.7 Å². The minimum atomic E-state index is -0.291. The maximum absolute atomic E-state index is 11.6. The number of benzene rings is 1. The third-order valence-corrected chi connectivity index (χ3v) is 2.46. The Morgan fingerprint density at radius 3 is 3.00 bits per heavy atom. The van der Waals surface area contributed by atoms with Crippen molar-refractivity contribution in [3.05, 3.63) is 41.7 Å². The standard InChI is InChI=1S/C13H14N4O2/c1-9-3-5-11(19-2)10(7-9)4-6-12(18)16-13-14-8-15-17-13/h3-8H,1-2H3,(H2,14,15,16,17,18). The summed E-state index contributed by atoms with van der Waals surface area (Å²) in [5, 5.41) is 8.73. The molecular weight excluding hydrogens is 244 g/mol. The van der Waals surface area contributed by atoms with Crippen LogP contribution in [-0.4, -0.2) is 28.2 Å². The molecule has 6 heteroatoms. The largest absolute Gasteiger partial charge is 0.496 e. The number of amides is 1. The van der Waals surface area contributed by atoms with Crippen LogP contribution in [0.1, 0.15) is 11.1 Å². The van der Waals surface area contributed by atoms with Gasteiger partial charge in [0, 0.05) is 11.6 Å². The summed E-state index contributed by atoms with van der Waals surface area (Å²) in [6, 6.07) is 5.76. The molecule has 0 atom stereocenters. The predicted molar refractivity (Wildman–Crippen MR) is 71.8 cm³/mol. The summed E-state index contributed by atoms with van der Waals surface area (Å²) in [7, 11) is 1.59. The van der Waals surface area contributed by atoms with E-state index in [9.17, 15) is 4.79 Å². The highest BCUT2D eigenvalue weighted by Gasteiger charge is 2.02. The van der Waals surface area contributed by atoms with Gasteiger partial charge in [0.25, 0.3) is 5.91 Å². The van der Waals surface area contributed by atoms with Crippen LogP contribution in [0, 0.1) is 6.92 Å². The van der Waals surface area contributed by atoms with E-state index in [1.165, 1.54) is 12.4 Å². The zero-order valence-electron chi connectivity index (χ0n) is 10.7. The first-order valence-corrected chi connectivity index (χ1v) is 5.68. The predicted octanol–water partition coefficient (Wildman–Crippen LogP) is 1.77. The van der Waals surface area contributed by atoms with Crippen LogP contribution >= 0.6 is 0 Å². The summed E-state index contributed by atoms with van der Waals surface area (Å²) < 4.78 is 5.23. The highest BCUT2D eigenvalue weighted by molar-refractivity contribution is 6.01. The van der Waals surface area contributed by atoms with Crippen LogP contribution in [0.5, 0.6) is 5.75 Å². The van der Waals surface area contributed by atoms with Crippen molar-refractivity contribution >= 4 is 17.9 Å². The van der Waals surface area contributed by atoms with Gasteiger partial charge >= 0.3 is 0 Å². The molecule has 0 radical (unpaired) electrons. The third kappa shape index (κ3) is 3.41. The van der Waals surface area contributed by atoms with Crippen molar-refractivity contribution in [2.24, 2.45) is 0 Å². The van der Waals surface area contributed by atoms with Crippen LogP contribution in [0.25, 0.3) is 6.08 Å². The molecular formula is C13H14N4O2. The summed E-state index contributed by atoms with van der Waals surface area (Å²) >= 11 is 0. The molecule has 1 aromatic heterocycles. The molecule has 0 bridgehead atoms. The highest BCUT2D eigenvalue weighted by atomic mass is 16.5. The topological polar surface area (TPSA) is 79.9 Å². The van der Waals surface area contributed by atoms with Crippen molar-refractivity contribution in [2.75, 3.05) is 12.4 Å². The molecule has 0 saturated carbocycles. The minimum absolute atomic E-state index is 0.291. The first-order valence-electron chi connectivity index (χ1n) is 5.68. The lowest BCUT2D eigenvalue weighted by Crippen LogP contribution is -2.09. The second-order valence-electron chi connectivity index (χ2n) is 3.90. The minimum Gasteiger partial charge on any atom is -0.496 e. The SMILES string of the molecule is COc1ccc(C)cc1C=CC(=O)Nc1ncn[nH]1. The van der Waals surface area contributed by atoms with Gasteiger partial charge < -0.3 is 4.74 Å². The smallest absolute Gasteiger partial charge is 0.250 e. The lowest BCUT2D eigenvalue weighted by molar-refractivity contribution is -0.111. The summed E-state index contributed by atoms with van der Waals surface area (Å²) in [6.07, 6.45) is 4.43. The lowest BCUT2D eigenvalue weighted by Gasteiger charge is -2.05. The van der Waals surface area contributed by atoms with Gasteiger partial charge in [0.1, 0.15) is 12.1 Å². The molecule has 1 amide bonds. The van der Waals surface area contributed by atoms with Crippen molar-refractivity contribution in [1.82, 2.24) is 15.2 Å². The molecule has 0 aliphatic carbocycles. The average molecular weight is 258 g/mol. The molecule has 1 aromatic carbocycles. The number of carbonyl (C=O) groups is 1. The number of rotatable bonds is 4. The molecule has 98 valence electrons. The number of aromatic nitrogens is 3. The molecule has 0 spiro atoms.